The van der Waals surface area contributed by atoms with Gasteiger partial charge in [0.15, 0.2) is 10.2 Å². The monoisotopic (exact) mass is 311 g/mol. The Hall–Kier alpha value is -1.77. The molecular weight excluding hydrogens is 298 g/mol. The number of nitrogens with zero attached hydrogens (tertiary/aromatic N) is 1. The van der Waals surface area contributed by atoms with Crippen molar-refractivity contribution in [2.45, 2.75) is 0 Å². The molecule has 106 valence electrons. The Balaban J connectivity index is 2.16. The van der Waals surface area contributed by atoms with E-state index in [0.29, 0.717) is 22.4 Å². The number of carbonyl (C=O) groups excluding carboxylic acids is 1. The van der Waals surface area contributed by atoms with Crippen LogP contribution in [0.3, 0.4) is 0 Å². The minimum Gasteiger partial charge on any atom is -0.465 e. The molecule has 0 radical (unpaired) electrons. The van der Waals surface area contributed by atoms with Gasteiger partial charge in [-0.05, 0) is 30.4 Å². The molecule has 1 heterocycles. The second-order valence-corrected chi connectivity index (χ2v) is 5.24. The molecule has 0 spiro atoms. The number of aromatic nitrogens is 1. The van der Waals surface area contributed by atoms with Crippen LogP contribution in [0.5, 0.6) is 0 Å². The molecule has 6 nitrogen and oxygen atoms in total. The molecule has 2 aromatic rings. The highest BCUT2D eigenvalue weighted by Gasteiger charge is 2.10. The summed E-state index contributed by atoms with van der Waals surface area (Å²) < 4.78 is 5.54. The quantitative estimate of drug-likeness (QED) is 0.581. The first kappa shape index (κ1) is 14.6. The first-order valence-electron chi connectivity index (χ1n) is 5.78. The van der Waals surface area contributed by atoms with Gasteiger partial charge in [0, 0.05) is 6.54 Å². The van der Waals surface area contributed by atoms with Crippen LogP contribution in [0.4, 0.5) is 5.13 Å². The van der Waals surface area contributed by atoms with E-state index >= 15 is 0 Å². The number of methoxy groups -OCH3 is 1. The van der Waals surface area contributed by atoms with E-state index in [2.05, 4.69) is 20.4 Å². The number of fused-ring (bicyclic) bond motifs is 1. The van der Waals surface area contributed by atoms with E-state index < -0.39 is 0 Å². The summed E-state index contributed by atoms with van der Waals surface area (Å²) in [5, 5.41) is 15.5. The van der Waals surface area contributed by atoms with Gasteiger partial charge in [-0.1, -0.05) is 11.3 Å². The molecule has 8 heteroatoms. The molecule has 0 amide bonds. The maximum absolute atomic E-state index is 11.5. The highest BCUT2D eigenvalue weighted by atomic mass is 32.1. The van der Waals surface area contributed by atoms with Crippen LogP contribution in [0.25, 0.3) is 10.2 Å². The van der Waals surface area contributed by atoms with Crippen LogP contribution in [-0.4, -0.2) is 41.4 Å². The normalized spacial score (nSPS) is 10.3. The summed E-state index contributed by atoms with van der Waals surface area (Å²) in [6.45, 7) is 0.382. The van der Waals surface area contributed by atoms with E-state index in [9.17, 15) is 4.79 Å². The predicted molar refractivity (Wildman–Crippen MR) is 82.3 cm³/mol. The molecule has 0 aliphatic heterocycles. The van der Waals surface area contributed by atoms with Crippen LogP contribution in [-0.2, 0) is 4.74 Å². The zero-order valence-electron chi connectivity index (χ0n) is 10.7. The number of benzene rings is 1. The van der Waals surface area contributed by atoms with Crippen LogP contribution in [0.2, 0.25) is 0 Å². The Labute approximate surface area is 124 Å². The van der Waals surface area contributed by atoms with Crippen molar-refractivity contribution in [1.29, 1.82) is 0 Å². The van der Waals surface area contributed by atoms with Gasteiger partial charge in [0.25, 0.3) is 0 Å². The zero-order valence-corrected chi connectivity index (χ0v) is 12.3. The van der Waals surface area contributed by atoms with Crippen molar-refractivity contribution in [3.05, 3.63) is 23.8 Å². The van der Waals surface area contributed by atoms with Crippen LogP contribution in [0.1, 0.15) is 10.4 Å². The van der Waals surface area contributed by atoms with Crippen LogP contribution in [0, 0.1) is 0 Å². The Kier molecular flexibility index (Phi) is 4.83. The maximum Gasteiger partial charge on any atom is 0.337 e. The van der Waals surface area contributed by atoms with E-state index in [1.807, 2.05) is 0 Å². The number of aliphatic hydroxyl groups is 1. The highest BCUT2D eigenvalue weighted by molar-refractivity contribution is 7.80. The van der Waals surface area contributed by atoms with E-state index in [1.165, 1.54) is 18.4 Å². The number of hydrogen-bond donors (Lipinski definition) is 3. The molecule has 0 bridgehead atoms. The molecule has 1 aromatic heterocycles. The highest BCUT2D eigenvalue weighted by Crippen LogP contribution is 2.26. The fourth-order valence-corrected chi connectivity index (χ4v) is 2.71. The summed E-state index contributed by atoms with van der Waals surface area (Å²) in [6, 6.07) is 5.15. The van der Waals surface area contributed by atoms with Crippen LogP contribution < -0.4 is 10.6 Å². The molecular formula is C12H13N3O3S2. The number of thiocarbonyl (C=S) groups is 1. The summed E-state index contributed by atoms with van der Waals surface area (Å²) in [5.74, 6) is -0.380. The smallest absolute Gasteiger partial charge is 0.337 e. The molecule has 0 fully saturated rings. The summed E-state index contributed by atoms with van der Waals surface area (Å²) in [5.41, 5.74) is 1.26. The average molecular weight is 311 g/mol. The standard InChI is InChI=1S/C12H13N3O3S2/c1-18-10(17)7-2-3-8-9(6-7)20-12(14-8)15-11(19)13-4-5-16/h2-3,6,16H,4-5H2,1H3,(H2,13,14,15,19). The first-order chi connectivity index (χ1) is 9.63. The number of aliphatic hydroxyl groups excluding tert-OH is 1. The largest absolute Gasteiger partial charge is 0.465 e. The van der Waals surface area contributed by atoms with Crippen molar-refractivity contribution in [1.82, 2.24) is 10.3 Å². The third-order valence-corrected chi connectivity index (χ3v) is 3.61. The third kappa shape index (κ3) is 3.41. The lowest BCUT2D eigenvalue weighted by Crippen LogP contribution is -2.30. The van der Waals surface area contributed by atoms with Gasteiger partial charge in [0.05, 0.1) is 29.5 Å². The maximum atomic E-state index is 11.5. The molecule has 0 aliphatic carbocycles. The van der Waals surface area contributed by atoms with E-state index in [0.717, 1.165) is 10.2 Å². The number of thiazole rings is 1. The number of ether oxygens (including phenoxy) is 1. The van der Waals surface area contributed by atoms with Gasteiger partial charge in [-0.25, -0.2) is 9.78 Å². The van der Waals surface area contributed by atoms with Crippen molar-refractivity contribution in [2.24, 2.45) is 0 Å². The Morgan fingerprint density at radius 3 is 3.05 bits per heavy atom. The SMILES string of the molecule is COC(=O)c1ccc2nc(NC(=S)NCCO)sc2c1. The molecule has 0 unspecified atom stereocenters. The van der Waals surface area contributed by atoms with Gasteiger partial charge in [0.1, 0.15) is 0 Å². The van der Waals surface area contributed by atoms with Crippen LogP contribution in [0.15, 0.2) is 18.2 Å². The third-order valence-electron chi connectivity index (χ3n) is 2.43. The second-order valence-electron chi connectivity index (χ2n) is 3.80. The minimum atomic E-state index is -0.380. The predicted octanol–water partition coefficient (Wildman–Crippen LogP) is 1.36. The van der Waals surface area contributed by atoms with Crippen LogP contribution >= 0.6 is 23.6 Å². The fourth-order valence-electron chi connectivity index (χ4n) is 1.53. The van der Waals surface area contributed by atoms with Crippen molar-refractivity contribution in [2.75, 3.05) is 25.6 Å². The summed E-state index contributed by atoms with van der Waals surface area (Å²) >= 11 is 6.43. The summed E-state index contributed by atoms with van der Waals surface area (Å²) in [6.07, 6.45) is 0. The van der Waals surface area contributed by atoms with Crippen molar-refractivity contribution < 1.29 is 14.6 Å². The van der Waals surface area contributed by atoms with E-state index in [-0.39, 0.29) is 12.6 Å². The molecule has 0 atom stereocenters. The van der Waals surface area contributed by atoms with Gasteiger partial charge in [-0.3, -0.25) is 0 Å². The lowest BCUT2D eigenvalue weighted by atomic mass is 10.2. The van der Waals surface area contributed by atoms with Gasteiger partial charge in [0.2, 0.25) is 0 Å². The summed E-state index contributed by atoms with van der Waals surface area (Å²) in [7, 11) is 1.34. The first-order valence-corrected chi connectivity index (χ1v) is 7.01. The molecule has 1 aromatic carbocycles. The molecule has 0 saturated heterocycles. The topological polar surface area (TPSA) is 83.5 Å². The van der Waals surface area contributed by atoms with E-state index in [4.69, 9.17) is 17.3 Å². The van der Waals surface area contributed by atoms with Crippen molar-refractivity contribution in [3.8, 4) is 0 Å². The fraction of sp³-hybridized carbons (Fsp3) is 0.250. The van der Waals surface area contributed by atoms with Gasteiger partial charge in [-0.2, -0.15) is 0 Å². The molecule has 2 rings (SSSR count). The lowest BCUT2D eigenvalue weighted by Gasteiger charge is -2.05. The zero-order chi connectivity index (χ0) is 14.5. The lowest BCUT2D eigenvalue weighted by molar-refractivity contribution is 0.0601. The van der Waals surface area contributed by atoms with Crippen molar-refractivity contribution in [3.63, 3.8) is 0 Å². The Bertz CT molecular complexity index is 642. The number of esters is 1. The van der Waals surface area contributed by atoms with E-state index in [1.54, 1.807) is 18.2 Å². The Morgan fingerprint density at radius 2 is 2.35 bits per heavy atom. The number of anilines is 1. The average Bonchev–Trinajstić information content (AvgIpc) is 2.85. The van der Waals surface area contributed by atoms with Gasteiger partial charge < -0.3 is 20.5 Å². The van der Waals surface area contributed by atoms with Gasteiger partial charge >= 0.3 is 5.97 Å². The number of carbonyl (C=O) groups is 1. The minimum absolute atomic E-state index is 0.00412. The van der Waals surface area contributed by atoms with Crippen molar-refractivity contribution >= 4 is 50.0 Å². The molecule has 20 heavy (non-hydrogen) atoms. The molecule has 3 N–H and O–H groups in total. The summed E-state index contributed by atoms with van der Waals surface area (Å²) in [4.78, 5) is 15.8. The number of nitrogens with one attached hydrogen (secondary N) is 2. The molecule has 0 aliphatic rings. The molecule has 0 saturated carbocycles. The number of rotatable bonds is 4. The number of hydrogen-bond acceptors (Lipinski definition) is 6. The van der Waals surface area contributed by atoms with Gasteiger partial charge in [-0.15, -0.1) is 0 Å². The Morgan fingerprint density at radius 1 is 1.55 bits per heavy atom. The second kappa shape index (κ2) is 6.60.